The Bertz CT molecular complexity index is 625. The predicted octanol–water partition coefficient (Wildman–Crippen LogP) is 2.56. The number of halogens is 2. The van der Waals surface area contributed by atoms with Gasteiger partial charge in [-0.25, -0.2) is 8.78 Å². The van der Waals surface area contributed by atoms with Crippen LogP contribution in [0.4, 0.5) is 8.78 Å². The summed E-state index contributed by atoms with van der Waals surface area (Å²) >= 11 is 0. The molecule has 1 aliphatic rings. The van der Waals surface area contributed by atoms with Crippen LogP contribution in [0.1, 0.15) is 17.4 Å². The minimum atomic E-state index is -0.678. The van der Waals surface area contributed by atoms with Crippen molar-refractivity contribution in [2.24, 2.45) is 0 Å². The maximum absolute atomic E-state index is 14.7. The molecule has 0 saturated carbocycles. The van der Waals surface area contributed by atoms with Crippen LogP contribution < -0.4 is 10.1 Å². The fourth-order valence-corrected chi connectivity index (χ4v) is 2.85. The summed E-state index contributed by atoms with van der Waals surface area (Å²) in [6.07, 6.45) is 1.51. The van der Waals surface area contributed by atoms with Crippen molar-refractivity contribution >= 4 is 0 Å². The van der Waals surface area contributed by atoms with Gasteiger partial charge in [0, 0.05) is 26.2 Å². The molecular formula is C16H18F2N2O2. The standard InChI is InChI=1S/C16H18F2N2O2/c1-21-12-5-4-11(17)14(15(12)18)16(13-3-2-10-22-13)20-8-6-19-7-9-20/h2-5,10,16,19H,6-9H2,1H3/t16-/m1/s1. The molecule has 6 heteroatoms. The molecule has 22 heavy (non-hydrogen) atoms. The van der Waals surface area contributed by atoms with Crippen LogP contribution in [0.2, 0.25) is 0 Å². The Balaban J connectivity index is 2.10. The molecule has 0 radical (unpaired) electrons. The SMILES string of the molecule is COc1ccc(F)c([C@@H](c2ccco2)N2CCNCC2)c1F. The van der Waals surface area contributed by atoms with Crippen molar-refractivity contribution in [1.29, 1.82) is 0 Å². The summed E-state index contributed by atoms with van der Waals surface area (Å²) in [6, 6.07) is 5.39. The Hall–Kier alpha value is -1.92. The minimum absolute atomic E-state index is 0.0306. The number of benzene rings is 1. The number of hydrogen-bond donors (Lipinski definition) is 1. The molecule has 0 spiro atoms. The third-order valence-corrected chi connectivity index (χ3v) is 3.91. The maximum Gasteiger partial charge on any atom is 0.173 e. The van der Waals surface area contributed by atoms with Crippen LogP contribution in [0.3, 0.4) is 0 Å². The molecule has 2 heterocycles. The second-order valence-corrected chi connectivity index (χ2v) is 5.18. The Morgan fingerprint density at radius 2 is 2.00 bits per heavy atom. The molecule has 0 unspecified atom stereocenters. The lowest BCUT2D eigenvalue weighted by Crippen LogP contribution is -2.45. The largest absolute Gasteiger partial charge is 0.494 e. The van der Waals surface area contributed by atoms with Crippen LogP contribution >= 0.6 is 0 Å². The number of nitrogens with one attached hydrogen (secondary N) is 1. The van der Waals surface area contributed by atoms with Crippen molar-refractivity contribution in [3.05, 3.63) is 53.5 Å². The molecule has 1 saturated heterocycles. The fourth-order valence-electron chi connectivity index (χ4n) is 2.85. The van der Waals surface area contributed by atoms with E-state index in [1.54, 1.807) is 12.1 Å². The Morgan fingerprint density at radius 1 is 1.23 bits per heavy atom. The van der Waals surface area contributed by atoms with Gasteiger partial charge in [0.2, 0.25) is 0 Å². The molecule has 0 bridgehead atoms. The van der Waals surface area contributed by atoms with E-state index >= 15 is 0 Å². The summed E-state index contributed by atoms with van der Waals surface area (Å²) in [4.78, 5) is 2.01. The van der Waals surface area contributed by atoms with E-state index in [0.29, 0.717) is 18.8 Å². The van der Waals surface area contributed by atoms with Gasteiger partial charge in [-0.15, -0.1) is 0 Å². The quantitative estimate of drug-likeness (QED) is 0.942. The van der Waals surface area contributed by atoms with Crippen molar-refractivity contribution in [3.63, 3.8) is 0 Å². The number of ether oxygens (including phenoxy) is 1. The van der Waals surface area contributed by atoms with Gasteiger partial charge in [0.1, 0.15) is 11.6 Å². The molecule has 1 aromatic heterocycles. The van der Waals surface area contributed by atoms with Gasteiger partial charge in [0.05, 0.1) is 25.0 Å². The van der Waals surface area contributed by atoms with Crippen molar-refractivity contribution in [2.45, 2.75) is 6.04 Å². The van der Waals surface area contributed by atoms with Crippen LogP contribution in [0.25, 0.3) is 0 Å². The van der Waals surface area contributed by atoms with Crippen molar-refractivity contribution in [1.82, 2.24) is 10.2 Å². The van der Waals surface area contributed by atoms with Crippen LogP contribution in [0, 0.1) is 11.6 Å². The first-order valence-corrected chi connectivity index (χ1v) is 7.22. The molecule has 0 aliphatic carbocycles. The molecule has 3 rings (SSSR count). The summed E-state index contributed by atoms with van der Waals surface area (Å²) in [5.74, 6) is -0.725. The monoisotopic (exact) mass is 308 g/mol. The van der Waals surface area contributed by atoms with E-state index in [1.807, 2.05) is 4.90 Å². The summed E-state index contributed by atoms with van der Waals surface area (Å²) in [5, 5.41) is 3.23. The van der Waals surface area contributed by atoms with E-state index in [-0.39, 0.29) is 11.3 Å². The third kappa shape index (κ3) is 2.71. The number of furan rings is 1. The normalized spacial score (nSPS) is 17.4. The number of hydrogen-bond acceptors (Lipinski definition) is 4. The van der Waals surface area contributed by atoms with Crippen LogP contribution in [-0.4, -0.2) is 38.2 Å². The maximum atomic E-state index is 14.7. The number of nitrogens with zero attached hydrogens (tertiary/aromatic N) is 1. The molecule has 2 aromatic rings. The first-order valence-electron chi connectivity index (χ1n) is 7.22. The number of methoxy groups -OCH3 is 1. The highest BCUT2D eigenvalue weighted by molar-refractivity contribution is 5.37. The molecule has 1 aromatic carbocycles. The van der Waals surface area contributed by atoms with Crippen molar-refractivity contribution < 1.29 is 17.9 Å². The van der Waals surface area contributed by atoms with E-state index in [9.17, 15) is 8.78 Å². The topological polar surface area (TPSA) is 37.6 Å². The van der Waals surface area contributed by atoms with Gasteiger partial charge in [-0.2, -0.15) is 0 Å². The zero-order valence-electron chi connectivity index (χ0n) is 12.3. The minimum Gasteiger partial charge on any atom is -0.494 e. The summed E-state index contributed by atoms with van der Waals surface area (Å²) in [5.41, 5.74) is -0.0313. The lowest BCUT2D eigenvalue weighted by molar-refractivity contribution is 0.173. The molecule has 118 valence electrons. The second kappa shape index (κ2) is 6.46. The van der Waals surface area contributed by atoms with Gasteiger partial charge < -0.3 is 14.5 Å². The molecule has 1 atom stereocenters. The van der Waals surface area contributed by atoms with Gasteiger partial charge in [-0.1, -0.05) is 0 Å². The highest BCUT2D eigenvalue weighted by Crippen LogP contribution is 2.36. The predicted molar refractivity (Wildman–Crippen MR) is 77.9 cm³/mol. The fraction of sp³-hybridized carbons (Fsp3) is 0.375. The average Bonchev–Trinajstić information content (AvgIpc) is 3.06. The van der Waals surface area contributed by atoms with Gasteiger partial charge >= 0.3 is 0 Å². The smallest absolute Gasteiger partial charge is 0.173 e. The Kier molecular flexibility index (Phi) is 4.40. The molecule has 0 amide bonds. The highest BCUT2D eigenvalue weighted by atomic mass is 19.1. The Morgan fingerprint density at radius 3 is 2.64 bits per heavy atom. The zero-order chi connectivity index (χ0) is 15.5. The molecule has 4 nitrogen and oxygen atoms in total. The van der Waals surface area contributed by atoms with E-state index in [0.717, 1.165) is 13.1 Å². The first kappa shape index (κ1) is 15.0. The van der Waals surface area contributed by atoms with Gasteiger partial charge in [0.25, 0.3) is 0 Å². The molecular weight excluding hydrogens is 290 g/mol. The van der Waals surface area contributed by atoms with Crippen LogP contribution in [0.5, 0.6) is 5.75 Å². The van der Waals surface area contributed by atoms with Crippen molar-refractivity contribution in [2.75, 3.05) is 33.3 Å². The van der Waals surface area contributed by atoms with E-state index in [4.69, 9.17) is 9.15 Å². The zero-order valence-corrected chi connectivity index (χ0v) is 12.3. The second-order valence-electron chi connectivity index (χ2n) is 5.18. The summed E-state index contributed by atoms with van der Waals surface area (Å²) < 4.78 is 39.5. The lowest BCUT2D eigenvalue weighted by Gasteiger charge is -2.34. The lowest BCUT2D eigenvalue weighted by atomic mass is 10.00. The molecule has 1 N–H and O–H groups in total. The van der Waals surface area contributed by atoms with E-state index in [1.165, 1.54) is 25.5 Å². The summed E-state index contributed by atoms with van der Waals surface area (Å²) in [6.45, 7) is 2.90. The summed E-state index contributed by atoms with van der Waals surface area (Å²) in [7, 11) is 1.37. The molecule has 1 aliphatic heterocycles. The van der Waals surface area contributed by atoms with Crippen molar-refractivity contribution in [3.8, 4) is 5.75 Å². The van der Waals surface area contributed by atoms with Gasteiger partial charge in [0.15, 0.2) is 11.6 Å². The number of piperazine rings is 1. The molecule has 1 fully saturated rings. The number of rotatable bonds is 4. The Labute approximate surface area is 127 Å². The van der Waals surface area contributed by atoms with Gasteiger partial charge in [-0.05, 0) is 24.3 Å². The van der Waals surface area contributed by atoms with E-state index < -0.39 is 17.7 Å². The van der Waals surface area contributed by atoms with Crippen LogP contribution in [-0.2, 0) is 0 Å². The first-order chi connectivity index (χ1) is 10.7. The van der Waals surface area contributed by atoms with E-state index in [2.05, 4.69) is 5.32 Å². The highest BCUT2D eigenvalue weighted by Gasteiger charge is 2.32. The third-order valence-electron chi connectivity index (χ3n) is 3.91. The van der Waals surface area contributed by atoms with Gasteiger partial charge in [-0.3, -0.25) is 4.90 Å². The average molecular weight is 308 g/mol. The van der Waals surface area contributed by atoms with Crippen LogP contribution in [0.15, 0.2) is 34.9 Å².